The summed E-state index contributed by atoms with van der Waals surface area (Å²) < 4.78 is 0. The Bertz CT molecular complexity index is 377. The highest BCUT2D eigenvalue weighted by Crippen LogP contribution is 2.19. The molecule has 1 rings (SSSR count). The summed E-state index contributed by atoms with van der Waals surface area (Å²) in [5, 5.41) is 22.3. The number of nitrogens with one attached hydrogen (secondary N) is 1. The van der Waals surface area contributed by atoms with Crippen molar-refractivity contribution in [3.8, 4) is 0 Å². The average molecular weight is 224 g/mol. The van der Waals surface area contributed by atoms with Crippen molar-refractivity contribution in [1.82, 2.24) is 0 Å². The third-order valence-electron chi connectivity index (χ3n) is 2.30. The molecule has 1 aromatic rings. The fraction of sp³-hybridized carbons (Fsp3) is 0.300. The maximum atomic E-state index is 11.0. The summed E-state index contributed by atoms with van der Waals surface area (Å²) in [6, 6.07) is 8.24. The molecule has 0 aliphatic rings. The maximum absolute atomic E-state index is 11.0. The predicted octanol–water partition coefficient (Wildman–Crippen LogP) is 1.57. The Morgan fingerprint density at radius 2 is 2.06 bits per heavy atom. The van der Waals surface area contributed by atoms with Crippen molar-refractivity contribution in [3.05, 3.63) is 40.4 Å². The van der Waals surface area contributed by atoms with Crippen LogP contribution in [0.25, 0.3) is 0 Å². The number of aliphatic carboxylic acids is 1. The third kappa shape index (κ3) is 2.10. The summed E-state index contributed by atoms with van der Waals surface area (Å²) in [6.07, 6.45) is -0.149. The van der Waals surface area contributed by atoms with Gasteiger partial charge in [-0.3, -0.25) is 10.1 Å². The molecule has 0 aromatic heterocycles. The van der Waals surface area contributed by atoms with Gasteiger partial charge in [0.1, 0.15) is 0 Å². The van der Waals surface area contributed by atoms with E-state index in [1.54, 1.807) is 30.3 Å². The first-order valence-electron chi connectivity index (χ1n) is 4.74. The van der Waals surface area contributed by atoms with Gasteiger partial charge in [-0.1, -0.05) is 25.1 Å². The van der Waals surface area contributed by atoms with Gasteiger partial charge in [0.25, 0.3) is 0 Å². The maximum Gasteiger partial charge on any atom is 0.405 e. The zero-order valence-electron chi connectivity index (χ0n) is 8.71. The molecule has 0 heterocycles. The molecule has 2 N–H and O–H groups in total. The van der Waals surface area contributed by atoms with E-state index < -0.39 is 16.6 Å². The molecule has 0 fully saturated rings. The highest BCUT2D eigenvalue weighted by atomic mass is 16.6. The SMILES string of the molecule is CCC(Nc1ccccc1)(C(=O)O)[N+](=O)[O-]. The standard InChI is InChI=1S/C10H12N2O4/c1-2-10(9(13)14,12(15)16)11-8-6-4-3-5-7-8/h3-7,11H,2H2,1H3,(H,13,14). The van der Waals surface area contributed by atoms with Crippen LogP contribution in [0.15, 0.2) is 30.3 Å². The minimum atomic E-state index is -2.17. The lowest BCUT2D eigenvalue weighted by molar-refractivity contribution is -0.547. The number of carbonyl (C=O) groups is 1. The van der Waals surface area contributed by atoms with Gasteiger partial charge in [-0.2, -0.15) is 0 Å². The van der Waals surface area contributed by atoms with E-state index in [1.807, 2.05) is 0 Å². The summed E-state index contributed by atoms with van der Waals surface area (Å²) in [5.74, 6) is -1.50. The summed E-state index contributed by atoms with van der Waals surface area (Å²) in [6.45, 7) is 1.45. The number of nitro groups is 1. The van der Waals surface area contributed by atoms with Crippen LogP contribution in [0.1, 0.15) is 13.3 Å². The van der Waals surface area contributed by atoms with Crippen molar-refractivity contribution < 1.29 is 14.8 Å². The molecule has 16 heavy (non-hydrogen) atoms. The number of anilines is 1. The number of carboxylic acids is 1. The van der Waals surface area contributed by atoms with E-state index in [0.717, 1.165) is 0 Å². The molecule has 0 amide bonds. The van der Waals surface area contributed by atoms with Gasteiger partial charge in [0, 0.05) is 12.1 Å². The zero-order valence-corrected chi connectivity index (χ0v) is 8.71. The fourth-order valence-corrected chi connectivity index (χ4v) is 1.31. The van der Waals surface area contributed by atoms with Crippen molar-refractivity contribution in [2.24, 2.45) is 0 Å². The van der Waals surface area contributed by atoms with Crippen LogP contribution in [-0.2, 0) is 4.79 Å². The van der Waals surface area contributed by atoms with E-state index in [2.05, 4.69) is 5.32 Å². The van der Waals surface area contributed by atoms with Crippen molar-refractivity contribution in [2.45, 2.75) is 19.0 Å². The van der Waals surface area contributed by atoms with Gasteiger partial charge in [-0.25, -0.2) is 4.79 Å². The normalized spacial score (nSPS) is 13.8. The summed E-state index contributed by atoms with van der Waals surface area (Å²) in [7, 11) is 0. The molecular weight excluding hydrogens is 212 g/mol. The number of hydrogen-bond acceptors (Lipinski definition) is 4. The summed E-state index contributed by atoms with van der Waals surface area (Å²) >= 11 is 0. The average Bonchev–Trinajstić information content (AvgIpc) is 2.26. The Balaban J connectivity index is 3.04. The lowest BCUT2D eigenvalue weighted by Crippen LogP contribution is -2.52. The molecule has 0 radical (unpaired) electrons. The number of hydrogen-bond donors (Lipinski definition) is 2. The first-order valence-corrected chi connectivity index (χ1v) is 4.74. The summed E-state index contributed by atoms with van der Waals surface area (Å²) in [5.41, 5.74) is -1.76. The van der Waals surface area contributed by atoms with E-state index in [-0.39, 0.29) is 6.42 Å². The molecule has 0 spiro atoms. The second-order valence-electron chi connectivity index (χ2n) is 3.27. The first-order chi connectivity index (χ1) is 7.53. The molecule has 1 atom stereocenters. The van der Waals surface area contributed by atoms with E-state index in [0.29, 0.717) is 5.69 Å². The van der Waals surface area contributed by atoms with Crippen molar-refractivity contribution in [3.63, 3.8) is 0 Å². The number of rotatable bonds is 5. The quantitative estimate of drug-likeness (QED) is 0.450. The van der Waals surface area contributed by atoms with Crippen LogP contribution in [0.5, 0.6) is 0 Å². The molecule has 86 valence electrons. The Hall–Kier alpha value is -2.11. The molecular formula is C10H12N2O4. The smallest absolute Gasteiger partial charge is 0.405 e. The number of para-hydroxylation sites is 1. The molecule has 0 saturated carbocycles. The third-order valence-corrected chi connectivity index (χ3v) is 2.30. The minimum Gasteiger partial charge on any atom is -0.474 e. The van der Waals surface area contributed by atoms with Crippen LogP contribution in [0, 0.1) is 10.1 Å². The highest BCUT2D eigenvalue weighted by Gasteiger charge is 2.50. The van der Waals surface area contributed by atoms with Crippen LogP contribution < -0.4 is 5.32 Å². The molecule has 1 aromatic carbocycles. The van der Waals surface area contributed by atoms with E-state index in [4.69, 9.17) is 5.11 Å². The van der Waals surface area contributed by atoms with Crippen LogP contribution in [0.3, 0.4) is 0 Å². The predicted molar refractivity (Wildman–Crippen MR) is 57.7 cm³/mol. The van der Waals surface area contributed by atoms with Crippen molar-refractivity contribution >= 4 is 11.7 Å². The van der Waals surface area contributed by atoms with Crippen LogP contribution in [0.2, 0.25) is 0 Å². The highest BCUT2D eigenvalue weighted by molar-refractivity contribution is 5.80. The van der Waals surface area contributed by atoms with Gasteiger partial charge < -0.3 is 10.4 Å². The van der Waals surface area contributed by atoms with Crippen LogP contribution in [-0.4, -0.2) is 21.7 Å². The first kappa shape index (κ1) is 12.0. The topological polar surface area (TPSA) is 92.5 Å². The van der Waals surface area contributed by atoms with Gasteiger partial charge in [-0.05, 0) is 12.1 Å². The number of nitrogens with zero attached hydrogens (tertiary/aromatic N) is 1. The molecule has 0 saturated heterocycles. The monoisotopic (exact) mass is 224 g/mol. The van der Waals surface area contributed by atoms with Gasteiger partial charge in [0.15, 0.2) is 0 Å². The second-order valence-corrected chi connectivity index (χ2v) is 3.27. The van der Waals surface area contributed by atoms with Crippen LogP contribution >= 0.6 is 0 Å². The molecule has 1 unspecified atom stereocenters. The van der Waals surface area contributed by atoms with Crippen molar-refractivity contribution in [1.29, 1.82) is 0 Å². The molecule has 6 nitrogen and oxygen atoms in total. The van der Waals surface area contributed by atoms with Gasteiger partial charge >= 0.3 is 11.6 Å². The second kappa shape index (κ2) is 4.61. The molecule has 0 aliphatic heterocycles. The lowest BCUT2D eigenvalue weighted by Gasteiger charge is -2.21. The Morgan fingerprint density at radius 1 is 1.50 bits per heavy atom. The van der Waals surface area contributed by atoms with Crippen LogP contribution in [0.4, 0.5) is 5.69 Å². The molecule has 0 aliphatic carbocycles. The van der Waals surface area contributed by atoms with Gasteiger partial charge in [-0.15, -0.1) is 0 Å². The van der Waals surface area contributed by atoms with E-state index in [9.17, 15) is 14.9 Å². The lowest BCUT2D eigenvalue weighted by atomic mass is 10.1. The van der Waals surface area contributed by atoms with Gasteiger partial charge in [0.05, 0.1) is 4.92 Å². The molecule has 0 bridgehead atoms. The van der Waals surface area contributed by atoms with E-state index in [1.165, 1.54) is 6.92 Å². The Kier molecular flexibility index (Phi) is 3.44. The van der Waals surface area contributed by atoms with Gasteiger partial charge in [0.2, 0.25) is 0 Å². The summed E-state index contributed by atoms with van der Waals surface area (Å²) in [4.78, 5) is 21.0. The minimum absolute atomic E-state index is 0.149. The van der Waals surface area contributed by atoms with E-state index >= 15 is 0 Å². The largest absolute Gasteiger partial charge is 0.474 e. The molecule has 6 heteroatoms. The Labute approximate surface area is 92.0 Å². The zero-order chi connectivity index (χ0) is 12.2. The number of carboxylic acid groups (broad SMARTS) is 1. The Morgan fingerprint density at radius 3 is 2.44 bits per heavy atom. The fourth-order valence-electron chi connectivity index (χ4n) is 1.31. The van der Waals surface area contributed by atoms with Crippen molar-refractivity contribution in [2.75, 3.05) is 5.32 Å². The number of benzene rings is 1.